The number of aromatic amines is 1. The van der Waals surface area contributed by atoms with Crippen LogP contribution in [0, 0.1) is 0 Å². The molecule has 1 aromatic carbocycles. The predicted octanol–water partition coefficient (Wildman–Crippen LogP) is 0.107. The highest BCUT2D eigenvalue weighted by atomic mass is 16.2. The van der Waals surface area contributed by atoms with Crippen LogP contribution in [0.4, 0.5) is 5.69 Å². The third-order valence-electron chi connectivity index (χ3n) is 3.39. The van der Waals surface area contributed by atoms with Crippen molar-refractivity contribution in [1.29, 1.82) is 0 Å². The number of hydrogen-bond acceptors (Lipinski definition) is 4. The number of nitrogen functional groups attached to an aromatic ring is 1. The molecule has 0 unspecified atom stereocenters. The maximum Gasteiger partial charge on any atom is 0.275 e. The second-order valence-electron chi connectivity index (χ2n) is 4.77. The van der Waals surface area contributed by atoms with Gasteiger partial charge in [0.2, 0.25) is 5.91 Å². The first-order chi connectivity index (χ1) is 9.65. The Morgan fingerprint density at radius 1 is 1.35 bits per heavy atom. The molecule has 104 valence electrons. The molecule has 7 nitrogen and oxygen atoms in total. The molecular formula is C13H15N5O2. The standard InChI is InChI=1S/C13H15N5O2/c14-8-1-2-10-9(7-8)12(17-16-10)13(20)18-5-3-11(19)15-4-6-18/h1-2,7H,3-6,14H2,(H,15,19)(H,16,17). The van der Waals surface area contributed by atoms with E-state index in [9.17, 15) is 9.59 Å². The van der Waals surface area contributed by atoms with Gasteiger partial charge in [0.25, 0.3) is 5.91 Å². The fraction of sp³-hybridized carbons (Fsp3) is 0.308. The minimum atomic E-state index is -0.182. The van der Waals surface area contributed by atoms with Crippen LogP contribution in [0.25, 0.3) is 10.9 Å². The molecule has 0 radical (unpaired) electrons. The van der Waals surface area contributed by atoms with E-state index in [1.54, 1.807) is 23.1 Å². The SMILES string of the molecule is Nc1ccc2[nH]nc(C(=O)N3CCNC(=O)CC3)c2c1. The number of aromatic nitrogens is 2. The first kappa shape index (κ1) is 12.5. The number of anilines is 1. The van der Waals surface area contributed by atoms with Gasteiger partial charge in [0.15, 0.2) is 5.69 Å². The normalized spacial score (nSPS) is 16.0. The van der Waals surface area contributed by atoms with Gasteiger partial charge in [0.1, 0.15) is 0 Å². The second kappa shape index (κ2) is 4.84. The molecule has 1 aromatic heterocycles. The Bertz CT molecular complexity index is 678. The minimum Gasteiger partial charge on any atom is -0.399 e. The molecule has 20 heavy (non-hydrogen) atoms. The Labute approximate surface area is 115 Å². The lowest BCUT2D eigenvalue weighted by molar-refractivity contribution is -0.120. The topological polar surface area (TPSA) is 104 Å². The number of hydrogen-bond donors (Lipinski definition) is 3. The molecule has 0 saturated carbocycles. The number of nitrogens with two attached hydrogens (primary N) is 1. The fourth-order valence-electron chi connectivity index (χ4n) is 2.31. The van der Waals surface area contributed by atoms with Crippen molar-refractivity contribution in [3.05, 3.63) is 23.9 Å². The van der Waals surface area contributed by atoms with Crippen LogP contribution in [0.1, 0.15) is 16.9 Å². The quantitative estimate of drug-likeness (QED) is 0.641. The minimum absolute atomic E-state index is 0.0311. The van der Waals surface area contributed by atoms with Crippen molar-refractivity contribution in [2.75, 3.05) is 25.4 Å². The van der Waals surface area contributed by atoms with Crippen molar-refractivity contribution >= 4 is 28.4 Å². The van der Waals surface area contributed by atoms with Gasteiger partial charge in [-0.15, -0.1) is 0 Å². The first-order valence-corrected chi connectivity index (χ1v) is 6.45. The summed E-state index contributed by atoms with van der Waals surface area (Å²) in [5.74, 6) is -0.213. The van der Waals surface area contributed by atoms with Gasteiger partial charge in [-0.3, -0.25) is 14.7 Å². The summed E-state index contributed by atoms with van der Waals surface area (Å²) in [6.07, 6.45) is 0.316. The van der Waals surface area contributed by atoms with Crippen LogP contribution in [0.15, 0.2) is 18.2 Å². The van der Waals surface area contributed by atoms with Gasteiger partial charge in [0.05, 0.1) is 5.52 Å². The number of nitrogens with one attached hydrogen (secondary N) is 2. The zero-order valence-electron chi connectivity index (χ0n) is 10.8. The van der Waals surface area contributed by atoms with E-state index in [1.165, 1.54) is 0 Å². The molecule has 0 bridgehead atoms. The van der Waals surface area contributed by atoms with E-state index >= 15 is 0 Å². The number of benzene rings is 1. The van der Waals surface area contributed by atoms with Gasteiger partial charge in [-0.05, 0) is 18.2 Å². The molecule has 0 spiro atoms. The van der Waals surface area contributed by atoms with Crippen LogP contribution in [0.2, 0.25) is 0 Å². The van der Waals surface area contributed by atoms with Crippen LogP contribution in [0.3, 0.4) is 0 Å². The Hall–Kier alpha value is -2.57. The van der Waals surface area contributed by atoms with Gasteiger partial charge < -0.3 is 16.0 Å². The van der Waals surface area contributed by atoms with Gasteiger partial charge in [0, 0.05) is 37.1 Å². The Morgan fingerprint density at radius 2 is 2.20 bits per heavy atom. The third-order valence-corrected chi connectivity index (χ3v) is 3.39. The Kier molecular flexibility index (Phi) is 3.02. The van der Waals surface area contributed by atoms with Crippen LogP contribution in [0.5, 0.6) is 0 Å². The number of rotatable bonds is 1. The van der Waals surface area contributed by atoms with E-state index < -0.39 is 0 Å². The van der Waals surface area contributed by atoms with E-state index in [-0.39, 0.29) is 11.8 Å². The number of nitrogens with zero attached hydrogens (tertiary/aromatic N) is 2. The largest absolute Gasteiger partial charge is 0.399 e. The van der Waals surface area contributed by atoms with Crippen molar-refractivity contribution in [3.8, 4) is 0 Å². The molecule has 0 aliphatic carbocycles. The summed E-state index contributed by atoms with van der Waals surface area (Å²) in [5.41, 5.74) is 7.46. The first-order valence-electron chi connectivity index (χ1n) is 6.45. The zero-order valence-corrected chi connectivity index (χ0v) is 10.8. The van der Waals surface area contributed by atoms with Crippen molar-refractivity contribution in [3.63, 3.8) is 0 Å². The molecule has 4 N–H and O–H groups in total. The molecule has 2 aromatic rings. The molecule has 1 saturated heterocycles. The van der Waals surface area contributed by atoms with Gasteiger partial charge in [-0.1, -0.05) is 0 Å². The summed E-state index contributed by atoms with van der Waals surface area (Å²) >= 11 is 0. The van der Waals surface area contributed by atoms with Gasteiger partial charge >= 0.3 is 0 Å². The highest BCUT2D eigenvalue weighted by Crippen LogP contribution is 2.20. The van der Waals surface area contributed by atoms with Crippen molar-refractivity contribution in [1.82, 2.24) is 20.4 Å². The van der Waals surface area contributed by atoms with E-state index in [0.717, 1.165) is 5.52 Å². The fourth-order valence-corrected chi connectivity index (χ4v) is 2.31. The summed E-state index contributed by atoms with van der Waals surface area (Å²) in [5, 5.41) is 10.4. The molecule has 1 aliphatic heterocycles. The highest BCUT2D eigenvalue weighted by molar-refractivity contribution is 6.05. The molecule has 1 fully saturated rings. The monoisotopic (exact) mass is 273 g/mol. The molecular weight excluding hydrogens is 258 g/mol. The molecule has 7 heteroatoms. The summed E-state index contributed by atoms with van der Waals surface area (Å²) in [7, 11) is 0. The maximum atomic E-state index is 12.5. The average molecular weight is 273 g/mol. The van der Waals surface area contributed by atoms with E-state index in [1.807, 2.05) is 0 Å². The lowest BCUT2D eigenvalue weighted by Crippen LogP contribution is -2.34. The number of carbonyl (C=O) groups is 2. The summed E-state index contributed by atoms with van der Waals surface area (Å²) in [6.45, 7) is 1.36. The van der Waals surface area contributed by atoms with Gasteiger partial charge in [-0.2, -0.15) is 5.10 Å². The lowest BCUT2D eigenvalue weighted by Gasteiger charge is -2.18. The zero-order chi connectivity index (χ0) is 14.1. The molecule has 2 heterocycles. The average Bonchev–Trinajstić information content (AvgIpc) is 2.72. The number of H-pyrrole nitrogens is 1. The van der Waals surface area contributed by atoms with Crippen molar-refractivity contribution in [2.24, 2.45) is 0 Å². The van der Waals surface area contributed by atoms with Crippen molar-refractivity contribution < 1.29 is 9.59 Å². The predicted molar refractivity (Wildman–Crippen MR) is 74.0 cm³/mol. The molecule has 0 atom stereocenters. The van der Waals surface area contributed by atoms with Crippen LogP contribution in [-0.4, -0.2) is 46.5 Å². The van der Waals surface area contributed by atoms with Crippen molar-refractivity contribution in [2.45, 2.75) is 6.42 Å². The van der Waals surface area contributed by atoms with E-state index in [0.29, 0.717) is 42.8 Å². The maximum absolute atomic E-state index is 12.5. The summed E-state index contributed by atoms with van der Waals surface area (Å²) < 4.78 is 0. The number of carbonyl (C=O) groups excluding carboxylic acids is 2. The summed E-state index contributed by atoms with van der Waals surface area (Å²) in [4.78, 5) is 25.5. The van der Waals surface area contributed by atoms with E-state index in [4.69, 9.17) is 5.73 Å². The molecule has 3 rings (SSSR count). The third kappa shape index (κ3) is 2.18. The molecule has 2 amide bonds. The number of amides is 2. The summed E-state index contributed by atoms with van der Waals surface area (Å²) in [6, 6.07) is 5.28. The van der Waals surface area contributed by atoms with Crippen LogP contribution >= 0.6 is 0 Å². The van der Waals surface area contributed by atoms with E-state index in [2.05, 4.69) is 15.5 Å². The lowest BCUT2D eigenvalue weighted by atomic mass is 10.1. The molecule has 1 aliphatic rings. The van der Waals surface area contributed by atoms with Gasteiger partial charge in [-0.25, -0.2) is 0 Å². The Balaban J connectivity index is 1.92. The Morgan fingerprint density at radius 3 is 3.05 bits per heavy atom. The number of fused-ring (bicyclic) bond motifs is 1. The second-order valence-corrected chi connectivity index (χ2v) is 4.77. The smallest absolute Gasteiger partial charge is 0.275 e. The highest BCUT2D eigenvalue weighted by Gasteiger charge is 2.23. The van der Waals surface area contributed by atoms with Crippen LogP contribution in [-0.2, 0) is 4.79 Å². The van der Waals surface area contributed by atoms with Crippen LogP contribution < -0.4 is 11.1 Å².